The summed E-state index contributed by atoms with van der Waals surface area (Å²) in [6, 6.07) is 11.0. The summed E-state index contributed by atoms with van der Waals surface area (Å²) in [5.74, 6) is -0.156. The van der Waals surface area contributed by atoms with E-state index >= 15 is 0 Å². The lowest BCUT2D eigenvalue weighted by Gasteiger charge is -2.11. The molecule has 0 aliphatic rings. The molecule has 0 heterocycles. The summed E-state index contributed by atoms with van der Waals surface area (Å²) in [6.07, 6.45) is 0. The van der Waals surface area contributed by atoms with Crippen LogP contribution in [0.1, 0.15) is 21.5 Å². The number of rotatable bonds is 2. The zero-order valence-corrected chi connectivity index (χ0v) is 12.4. The van der Waals surface area contributed by atoms with Gasteiger partial charge in [-0.15, -0.1) is 0 Å². The number of benzene rings is 2. The number of halogens is 1. The second-order valence-corrected chi connectivity index (χ2v) is 5.31. The third-order valence-corrected chi connectivity index (χ3v) is 3.85. The van der Waals surface area contributed by atoms with Crippen molar-refractivity contribution in [2.75, 3.05) is 11.1 Å². The molecule has 0 radical (unpaired) electrons. The molecule has 2 rings (SSSR count). The Morgan fingerprint density at radius 3 is 2.53 bits per heavy atom. The highest BCUT2D eigenvalue weighted by Gasteiger charge is 2.10. The smallest absolute Gasteiger partial charge is 0.255 e. The lowest BCUT2D eigenvalue weighted by molar-refractivity contribution is 0.102. The number of anilines is 2. The van der Waals surface area contributed by atoms with Crippen molar-refractivity contribution in [3.8, 4) is 0 Å². The van der Waals surface area contributed by atoms with Gasteiger partial charge in [-0.1, -0.05) is 28.1 Å². The molecular formula is C15H15BrN2O. The highest BCUT2D eigenvalue weighted by molar-refractivity contribution is 9.10. The van der Waals surface area contributed by atoms with Gasteiger partial charge < -0.3 is 11.1 Å². The fourth-order valence-corrected chi connectivity index (χ4v) is 2.08. The molecule has 0 aliphatic heterocycles. The normalized spacial score (nSPS) is 10.3. The quantitative estimate of drug-likeness (QED) is 0.825. The van der Waals surface area contributed by atoms with Crippen LogP contribution in [0.25, 0.3) is 0 Å². The number of nitrogens with one attached hydrogen (secondary N) is 1. The molecule has 19 heavy (non-hydrogen) atoms. The Hall–Kier alpha value is -1.81. The van der Waals surface area contributed by atoms with Gasteiger partial charge in [0.1, 0.15) is 0 Å². The van der Waals surface area contributed by atoms with Crippen LogP contribution in [-0.2, 0) is 0 Å². The van der Waals surface area contributed by atoms with Gasteiger partial charge in [0, 0.05) is 10.0 Å². The van der Waals surface area contributed by atoms with E-state index in [0.29, 0.717) is 16.9 Å². The van der Waals surface area contributed by atoms with Gasteiger partial charge in [0.25, 0.3) is 5.91 Å². The number of carbonyl (C=O) groups excluding carboxylic acids is 1. The largest absolute Gasteiger partial charge is 0.397 e. The Bertz CT molecular complexity index is 618. The highest BCUT2D eigenvalue weighted by atomic mass is 79.9. The molecule has 2 aromatic carbocycles. The van der Waals surface area contributed by atoms with E-state index in [9.17, 15) is 4.79 Å². The molecule has 2 aromatic rings. The van der Waals surface area contributed by atoms with Gasteiger partial charge in [-0.05, 0) is 49.2 Å². The van der Waals surface area contributed by atoms with Crippen molar-refractivity contribution >= 4 is 33.2 Å². The summed E-state index contributed by atoms with van der Waals surface area (Å²) in [4.78, 5) is 12.2. The van der Waals surface area contributed by atoms with Crippen LogP contribution in [-0.4, -0.2) is 5.91 Å². The highest BCUT2D eigenvalue weighted by Crippen LogP contribution is 2.24. The molecule has 98 valence electrons. The summed E-state index contributed by atoms with van der Waals surface area (Å²) >= 11 is 3.42. The first kappa shape index (κ1) is 13.6. The first-order chi connectivity index (χ1) is 8.99. The maximum Gasteiger partial charge on any atom is 0.255 e. The molecule has 0 saturated carbocycles. The Morgan fingerprint density at radius 1 is 1.16 bits per heavy atom. The minimum Gasteiger partial charge on any atom is -0.397 e. The van der Waals surface area contributed by atoms with Crippen molar-refractivity contribution in [3.05, 3.63) is 57.6 Å². The third-order valence-electron chi connectivity index (χ3n) is 2.96. The average Bonchev–Trinajstić information content (AvgIpc) is 2.37. The van der Waals surface area contributed by atoms with Crippen molar-refractivity contribution < 1.29 is 4.79 Å². The Kier molecular flexibility index (Phi) is 3.90. The van der Waals surface area contributed by atoms with Crippen LogP contribution in [0.4, 0.5) is 11.4 Å². The van der Waals surface area contributed by atoms with E-state index in [1.165, 1.54) is 0 Å². The average molecular weight is 319 g/mol. The maximum atomic E-state index is 12.2. The Balaban J connectivity index is 2.28. The van der Waals surface area contributed by atoms with Crippen LogP contribution in [0.3, 0.4) is 0 Å². The lowest BCUT2D eigenvalue weighted by atomic mass is 10.1. The molecule has 0 fully saturated rings. The number of nitrogens with two attached hydrogens (primary N) is 1. The Labute approximate surface area is 121 Å². The van der Waals surface area contributed by atoms with E-state index in [1.807, 2.05) is 38.1 Å². The number of hydrogen-bond donors (Lipinski definition) is 2. The molecule has 0 spiro atoms. The van der Waals surface area contributed by atoms with Crippen LogP contribution in [0.2, 0.25) is 0 Å². The molecule has 0 unspecified atom stereocenters. The fraction of sp³-hybridized carbons (Fsp3) is 0.133. The second kappa shape index (κ2) is 5.45. The molecule has 3 N–H and O–H groups in total. The Morgan fingerprint density at radius 2 is 1.89 bits per heavy atom. The van der Waals surface area contributed by atoms with Crippen LogP contribution in [0.5, 0.6) is 0 Å². The van der Waals surface area contributed by atoms with Crippen molar-refractivity contribution in [1.29, 1.82) is 0 Å². The minimum absolute atomic E-state index is 0.156. The molecule has 0 aromatic heterocycles. The van der Waals surface area contributed by atoms with E-state index in [1.54, 1.807) is 12.1 Å². The first-order valence-electron chi connectivity index (χ1n) is 5.91. The maximum absolute atomic E-state index is 12.2. The molecule has 0 saturated heterocycles. The number of para-hydroxylation sites is 1. The molecule has 0 bridgehead atoms. The number of carbonyl (C=O) groups is 1. The minimum atomic E-state index is -0.156. The van der Waals surface area contributed by atoms with Gasteiger partial charge in [0.2, 0.25) is 0 Å². The molecule has 0 aliphatic carbocycles. The van der Waals surface area contributed by atoms with Gasteiger partial charge in [0.15, 0.2) is 0 Å². The van der Waals surface area contributed by atoms with Gasteiger partial charge in [-0.2, -0.15) is 0 Å². The van der Waals surface area contributed by atoms with Crippen LogP contribution >= 0.6 is 15.9 Å². The van der Waals surface area contributed by atoms with Crippen molar-refractivity contribution in [2.45, 2.75) is 13.8 Å². The SMILES string of the molecule is Cc1cc(C(=O)Nc2c(C)cccc2N)ccc1Br. The summed E-state index contributed by atoms with van der Waals surface area (Å²) in [5.41, 5.74) is 9.70. The van der Waals surface area contributed by atoms with E-state index in [2.05, 4.69) is 21.2 Å². The van der Waals surface area contributed by atoms with Gasteiger partial charge in [-0.3, -0.25) is 4.79 Å². The number of nitrogen functional groups attached to an aromatic ring is 1. The second-order valence-electron chi connectivity index (χ2n) is 4.46. The molecule has 0 atom stereocenters. The van der Waals surface area contributed by atoms with Crippen LogP contribution in [0.15, 0.2) is 40.9 Å². The summed E-state index contributed by atoms with van der Waals surface area (Å²) in [7, 11) is 0. The number of hydrogen-bond acceptors (Lipinski definition) is 2. The fourth-order valence-electron chi connectivity index (χ4n) is 1.83. The van der Waals surface area contributed by atoms with E-state index in [4.69, 9.17) is 5.73 Å². The number of amides is 1. The molecule has 4 heteroatoms. The molecule has 3 nitrogen and oxygen atoms in total. The van der Waals surface area contributed by atoms with E-state index < -0.39 is 0 Å². The predicted octanol–water partition coefficient (Wildman–Crippen LogP) is 3.90. The zero-order valence-electron chi connectivity index (χ0n) is 10.8. The first-order valence-corrected chi connectivity index (χ1v) is 6.71. The third kappa shape index (κ3) is 2.96. The van der Waals surface area contributed by atoms with Crippen LogP contribution in [0, 0.1) is 13.8 Å². The van der Waals surface area contributed by atoms with Crippen molar-refractivity contribution in [2.24, 2.45) is 0 Å². The van der Waals surface area contributed by atoms with Gasteiger partial charge in [0.05, 0.1) is 11.4 Å². The summed E-state index contributed by atoms with van der Waals surface area (Å²) in [6.45, 7) is 3.86. The topological polar surface area (TPSA) is 55.1 Å². The summed E-state index contributed by atoms with van der Waals surface area (Å²) < 4.78 is 0.986. The van der Waals surface area contributed by atoms with E-state index in [0.717, 1.165) is 15.6 Å². The standard InChI is InChI=1S/C15H15BrN2O/c1-9-4-3-5-13(17)14(9)18-15(19)11-6-7-12(16)10(2)8-11/h3-8H,17H2,1-2H3,(H,18,19). The predicted molar refractivity (Wildman–Crippen MR) is 82.4 cm³/mol. The van der Waals surface area contributed by atoms with Crippen molar-refractivity contribution in [3.63, 3.8) is 0 Å². The molecule has 1 amide bonds. The summed E-state index contributed by atoms with van der Waals surface area (Å²) in [5, 5.41) is 2.86. The zero-order chi connectivity index (χ0) is 14.0. The lowest BCUT2D eigenvalue weighted by Crippen LogP contribution is -2.14. The van der Waals surface area contributed by atoms with Gasteiger partial charge >= 0.3 is 0 Å². The van der Waals surface area contributed by atoms with Crippen molar-refractivity contribution in [1.82, 2.24) is 0 Å². The monoisotopic (exact) mass is 318 g/mol. The van der Waals surface area contributed by atoms with Gasteiger partial charge in [-0.25, -0.2) is 0 Å². The molecular weight excluding hydrogens is 304 g/mol. The van der Waals surface area contributed by atoms with Crippen LogP contribution < -0.4 is 11.1 Å². The number of aryl methyl sites for hydroxylation is 2. The van der Waals surface area contributed by atoms with E-state index in [-0.39, 0.29) is 5.91 Å².